The molecular formula is C14H28N2O. The Morgan fingerprint density at radius 3 is 2.35 bits per heavy atom. The van der Waals surface area contributed by atoms with Crippen LogP contribution in [0.15, 0.2) is 0 Å². The Morgan fingerprint density at radius 2 is 1.82 bits per heavy atom. The number of hydrogen-bond donors (Lipinski definition) is 2. The van der Waals surface area contributed by atoms with Crippen LogP contribution in [0.4, 0.5) is 0 Å². The maximum Gasteiger partial charge on any atom is 0.237 e. The first-order valence-electron chi connectivity index (χ1n) is 6.92. The van der Waals surface area contributed by atoms with Gasteiger partial charge in [-0.15, -0.1) is 0 Å². The normalized spacial score (nSPS) is 20.0. The van der Waals surface area contributed by atoms with Gasteiger partial charge in [-0.2, -0.15) is 0 Å². The van der Waals surface area contributed by atoms with E-state index in [9.17, 15) is 4.79 Å². The zero-order valence-electron chi connectivity index (χ0n) is 11.8. The molecule has 0 saturated heterocycles. The van der Waals surface area contributed by atoms with Gasteiger partial charge in [0.1, 0.15) is 0 Å². The Kier molecular flexibility index (Phi) is 5.44. The fourth-order valence-corrected chi connectivity index (χ4v) is 2.13. The first-order chi connectivity index (χ1) is 7.88. The second-order valence-corrected chi connectivity index (χ2v) is 6.51. The highest BCUT2D eigenvalue weighted by atomic mass is 16.2. The number of carbonyl (C=O) groups is 1. The summed E-state index contributed by atoms with van der Waals surface area (Å²) in [6.07, 6.45) is 6.14. The SMILES string of the molecule is CC(NCC(C)(C)C)C(=O)NC1CCCCC1. The predicted octanol–water partition coefficient (Wildman–Crippen LogP) is 2.46. The molecule has 3 nitrogen and oxygen atoms in total. The van der Waals surface area contributed by atoms with Crippen LogP contribution in [0.2, 0.25) is 0 Å². The van der Waals surface area contributed by atoms with Crippen LogP contribution in [0.1, 0.15) is 59.8 Å². The topological polar surface area (TPSA) is 41.1 Å². The minimum atomic E-state index is -0.0869. The molecule has 1 atom stereocenters. The standard InChI is InChI=1S/C14H28N2O/c1-11(15-10-14(2,3)4)13(17)16-12-8-6-5-7-9-12/h11-12,15H,5-10H2,1-4H3,(H,16,17). The molecular weight excluding hydrogens is 212 g/mol. The van der Waals surface area contributed by atoms with Gasteiger partial charge in [-0.25, -0.2) is 0 Å². The van der Waals surface area contributed by atoms with E-state index < -0.39 is 0 Å². The molecule has 1 aliphatic carbocycles. The molecule has 1 rings (SSSR count). The lowest BCUT2D eigenvalue weighted by Gasteiger charge is -2.26. The van der Waals surface area contributed by atoms with E-state index in [1.165, 1.54) is 19.3 Å². The van der Waals surface area contributed by atoms with Gasteiger partial charge in [0.05, 0.1) is 6.04 Å². The molecule has 2 N–H and O–H groups in total. The summed E-state index contributed by atoms with van der Waals surface area (Å²) in [6.45, 7) is 9.33. The number of hydrogen-bond acceptors (Lipinski definition) is 2. The molecule has 0 bridgehead atoms. The molecule has 1 amide bonds. The van der Waals surface area contributed by atoms with E-state index in [0.717, 1.165) is 19.4 Å². The Morgan fingerprint density at radius 1 is 1.24 bits per heavy atom. The summed E-state index contributed by atoms with van der Waals surface area (Å²) < 4.78 is 0. The number of rotatable bonds is 4. The van der Waals surface area contributed by atoms with Gasteiger partial charge in [0.2, 0.25) is 5.91 Å². The molecule has 100 valence electrons. The highest BCUT2D eigenvalue weighted by Crippen LogP contribution is 2.17. The quantitative estimate of drug-likeness (QED) is 0.792. The van der Waals surface area contributed by atoms with E-state index in [0.29, 0.717) is 6.04 Å². The Balaban J connectivity index is 2.26. The summed E-state index contributed by atoms with van der Waals surface area (Å²) in [6, 6.07) is 0.325. The average Bonchev–Trinajstić information content (AvgIpc) is 2.26. The molecule has 0 radical (unpaired) electrons. The third kappa shape index (κ3) is 6.06. The van der Waals surface area contributed by atoms with Crippen LogP contribution in [0.5, 0.6) is 0 Å². The van der Waals surface area contributed by atoms with Crippen molar-refractivity contribution in [2.45, 2.75) is 71.9 Å². The molecule has 3 heteroatoms. The second-order valence-electron chi connectivity index (χ2n) is 6.51. The molecule has 1 unspecified atom stereocenters. The largest absolute Gasteiger partial charge is 0.352 e. The Labute approximate surface area is 106 Å². The van der Waals surface area contributed by atoms with Crippen molar-refractivity contribution in [2.24, 2.45) is 5.41 Å². The first kappa shape index (κ1) is 14.5. The van der Waals surface area contributed by atoms with Crippen molar-refractivity contribution >= 4 is 5.91 Å². The van der Waals surface area contributed by atoms with Crippen LogP contribution >= 0.6 is 0 Å². The number of carbonyl (C=O) groups excluding carboxylic acids is 1. The Bertz CT molecular complexity index is 239. The van der Waals surface area contributed by atoms with Gasteiger partial charge < -0.3 is 10.6 Å². The highest BCUT2D eigenvalue weighted by molar-refractivity contribution is 5.81. The second kappa shape index (κ2) is 6.39. The van der Waals surface area contributed by atoms with Crippen molar-refractivity contribution in [3.05, 3.63) is 0 Å². The lowest BCUT2D eigenvalue weighted by Crippen LogP contribution is -2.48. The van der Waals surface area contributed by atoms with Gasteiger partial charge in [-0.1, -0.05) is 40.0 Å². The summed E-state index contributed by atoms with van der Waals surface area (Å²) in [4.78, 5) is 12.0. The van der Waals surface area contributed by atoms with Crippen LogP contribution in [0, 0.1) is 5.41 Å². The molecule has 0 heterocycles. The Hall–Kier alpha value is -0.570. The molecule has 0 aromatic heterocycles. The fourth-order valence-electron chi connectivity index (χ4n) is 2.13. The van der Waals surface area contributed by atoms with Crippen molar-refractivity contribution in [1.82, 2.24) is 10.6 Å². The van der Waals surface area contributed by atoms with Crippen molar-refractivity contribution in [1.29, 1.82) is 0 Å². The molecule has 0 spiro atoms. The third-order valence-electron chi connectivity index (χ3n) is 3.28. The fraction of sp³-hybridized carbons (Fsp3) is 0.929. The average molecular weight is 240 g/mol. The van der Waals surface area contributed by atoms with E-state index in [2.05, 4.69) is 31.4 Å². The van der Waals surface area contributed by atoms with Gasteiger partial charge in [-0.3, -0.25) is 4.79 Å². The van der Waals surface area contributed by atoms with Gasteiger partial charge in [-0.05, 0) is 25.2 Å². The number of amides is 1. The van der Waals surface area contributed by atoms with E-state index in [1.54, 1.807) is 0 Å². The van der Waals surface area contributed by atoms with E-state index in [-0.39, 0.29) is 17.4 Å². The monoisotopic (exact) mass is 240 g/mol. The molecule has 0 aromatic carbocycles. The first-order valence-corrected chi connectivity index (χ1v) is 6.92. The summed E-state index contributed by atoms with van der Waals surface area (Å²) in [5.41, 5.74) is 0.222. The van der Waals surface area contributed by atoms with Crippen LogP contribution in [0.3, 0.4) is 0 Å². The highest BCUT2D eigenvalue weighted by Gasteiger charge is 2.20. The molecule has 1 aliphatic rings. The summed E-state index contributed by atoms with van der Waals surface area (Å²) in [5.74, 6) is 0.154. The predicted molar refractivity (Wildman–Crippen MR) is 71.9 cm³/mol. The van der Waals surface area contributed by atoms with Crippen LogP contribution in [-0.2, 0) is 4.79 Å². The van der Waals surface area contributed by atoms with Gasteiger partial charge in [0.15, 0.2) is 0 Å². The maximum atomic E-state index is 12.0. The summed E-state index contributed by atoms with van der Waals surface area (Å²) in [7, 11) is 0. The van der Waals surface area contributed by atoms with Gasteiger partial charge in [0.25, 0.3) is 0 Å². The molecule has 0 aliphatic heterocycles. The lowest BCUT2D eigenvalue weighted by atomic mass is 9.95. The minimum absolute atomic E-state index is 0.0869. The molecule has 0 aromatic rings. The molecule has 1 saturated carbocycles. The number of nitrogens with one attached hydrogen (secondary N) is 2. The van der Waals surface area contributed by atoms with Crippen molar-refractivity contribution in [3.8, 4) is 0 Å². The van der Waals surface area contributed by atoms with Crippen LogP contribution in [-0.4, -0.2) is 24.5 Å². The summed E-state index contributed by atoms with van der Waals surface area (Å²) >= 11 is 0. The lowest BCUT2D eigenvalue weighted by molar-refractivity contribution is -0.123. The zero-order valence-corrected chi connectivity index (χ0v) is 11.8. The third-order valence-corrected chi connectivity index (χ3v) is 3.28. The van der Waals surface area contributed by atoms with Gasteiger partial charge >= 0.3 is 0 Å². The van der Waals surface area contributed by atoms with Crippen molar-refractivity contribution < 1.29 is 4.79 Å². The summed E-state index contributed by atoms with van der Waals surface area (Å²) in [5, 5.41) is 6.45. The van der Waals surface area contributed by atoms with E-state index in [1.807, 2.05) is 6.92 Å². The van der Waals surface area contributed by atoms with Gasteiger partial charge in [0, 0.05) is 12.6 Å². The van der Waals surface area contributed by atoms with E-state index in [4.69, 9.17) is 0 Å². The van der Waals surface area contributed by atoms with Crippen molar-refractivity contribution in [2.75, 3.05) is 6.54 Å². The van der Waals surface area contributed by atoms with Crippen molar-refractivity contribution in [3.63, 3.8) is 0 Å². The van der Waals surface area contributed by atoms with Crippen LogP contribution in [0.25, 0.3) is 0 Å². The molecule has 17 heavy (non-hydrogen) atoms. The van der Waals surface area contributed by atoms with E-state index >= 15 is 0 Å². The minimum Gasteiger partial charge on any atom is -0.352 e. The van der Waals surface area contributed by atoms with Crippen LogP contribution < -0.4 is 10.6 Å². The molecule has 1 fully saturated rings. The smallest absolute Gasteiger partial charge is 0.237 e. The zero-order chi connectivity index (χ0) is 12.9. The maximum absolute atomic E-state index is 12.0.